The van der Waals surface area contributed by atoms with Crippen LogP contribution in [0.25, 0.3) is 10.9 Å². The van der Waals surface area contributed by atoms with Gasteiger partial charge in [-0.3, -0.25) is 14.9 Å². The Hall–Kier alpha value is -2.71. The van der Waals surface area contributed by atoms with E-state index in [9.17, 15) is 14.9 Å². The zero-order valence-electron chi connectivity index (χ0n) is 14.8. The number of aromatic nitrogens is 1. The lowest BCUT2D eigenvalue weighted by atomic mass is 10.1. The molecule has 0 radical (unpaired) electrons. The van der Waals surface area contributed by atoms with Gasteiger partial charge in [-0.1, -0.05) is 11.6 Å². The number of nitrogens with zero attached hydrogens (tertiary/aromatic N) is 2. The maximum absolute atomic E-state index is 12.7. The van der Waals surface area contributed by atoms with Crippen LogP contribution >= 0.6 is 23.4 Å². The number of nitrogens with one attached hydrogen (secondary N) is 2. The zero-order chi connectivity index (χ0) is 19.7. The first-order valence-electron chi connectivity index (χ1n) is 8.72. The van der Waals surface area contributed by atoms with Gasteiger partial charge in [-0.25, -0.2) is 0 Å². The van der Waals surface area contributed by atoms with Crippen LogP contribution in [0.2, 0.25) is 5.02 Å². The SMILES string of the molecule is O=C(Nc1ccc(N2CCSCC2)c(Cl)c1)c1c[nH]c2ccc([N+](=O)[O-])cc12. The van der Waals surface area contributed by atoms with E-state index < -0.39 is 4.92 Å². The number of hydrogen-bond donors (Lipinski definition) is 2. The van der Waals surface area contributed by atoms with Gasteiger partial charge >= 0.3 is 0 Å². The number of anilines is 2. The minimum absolute atomic E-state index is 0.0618. The van der Waals surface area contributed by atoms with Gasteiger partial charge in [-0.2, -0.15) is 11.8 Å². The number of aromatic amines is 1. The molecular weight excluding hydrogens is 400 g/mol. The molecule has 1 fully saturated rings. The molecule has 0 spiro atoms. The minimum atomic E-state index is -0.480. The molecule has 1 aromatic heterocycles. The van der Waals surface area contributed by atoms with Gasteiger partial charge in [0.15, 0.2) is 0 Å². The quantitative estimate of drug-likeness (QED) is 0.481. The number of hydrogen-bond acceptors (Lipinski definition) is 5. The van der Waals surface area contributed by atoms with Gasteiger partial charge in [-0.05, 0) is 24.3 Å². The van der Waals surface area contributed by atoms with Crippen molar-refractivity contribution in [1.82, 2.24) is 4.98 Å². The third-order valence-electron chi connectivity index (χ3n) is 4.68. The van der Waals surface area contributed by atoms with Gasteiger partial charge in [0, 0.05) is 59.5 Å². The molecule has 2 heterocycles. The van der Waals surface area contributed by atoms with Crippen LogP contribution in [-0.4, -0.2) is 40.4 Å². The summed E-state index contributed by atoms with van der Waals surface area (Å²) in [6.07, 6.45) is 1.55. The lowest BCUT2D eigenvalue weighted by Crippen LogP contribution is -2.32. The Balaban J connectivity index is 1.56. The normalized spacial score (nSPS) is 14.2. The Labute approximate surface area is 170 Å². The van der Waals surface area contributed by atoms with Crippen molar-refractivity contribution in [2.24, 2.45) is 0 Å². The Bertz CT molecular complexity index is 1060. The van der Waals surface area contributed by atoms with E-state index in [0.717, 1.165) is 30.3 Å². The summed E-state index contributed by atoms with van der Waals surface area (Å²) < 4.78 is 0. The number of nitro benzene ring substituents is 1. The Morgan fingerprint density at radius 1 is 1.21 bits per heavy atom. The lowest BCUT2D eigenvalue weighted by molar-refractivity contribution is -0.384. The van der Waals surface area contributed by atoms with Crippen molar-refractivity contribution in [3.05, 3.63) is 63.3 Å². The highest BCUT2D eigenvalue weighted by atomic mass is 35.5. The Morgan fingerprint density at radius 3 is 2.71 bits per heavy atom. The van der Waals surface area contributed by atoms with Gasteiger partial charge in [0.1, 0.15) is 0 Å². The van der Waals surface area contributed by atoms with Crippen LogP contribution < -0.4 is 10.2 Å². The van der Waals surface area contributed by atoms with E-state index in [-0.39, 0.29) is 11.6 Å². The monoisotopic (exact) mass is 416 g/mol. The number of thioether (sulfide) groups is 1. The zero-order valence-corrected chi connectivity index (χ0v) is 16.3. The molecule has 9 heteroatoms. The summed E-state index contributed by atoms with van der Waals surface area (Å²) in [5.41, 5.74) is 2.47. The predicted octanol–water partition coefficient (Wildman–Crippen LogP) is 4.54. The van der Waals surface area contributed by atoms with E-state index in [1.54, 1.807) is 18.3 Å². The molecule has 2 N–H and O–H groups in total. The smallest absolute Gasteiger partial charge is 0.270 e. The number of benzene rings is 2. The van der Waals surface area contributed by atoms with Crippen molar-refractivity contribution in [1.29, 1.82) is 0 Å². The highest BCUT2D eigenvalue weighted by Crippen LogP contribution is 2.31. The van der Waals surface area contributed by atoms with E-state index in [4.69, 9.17) is 11.6 Å². The number of carbonyl (C=O) groups excluding carboxylic acids is 1. The van der Waals surface area contributed by atoms with Gasteiger partial charge in [-0.15, -0.1) is 0 Å². The fourth-order valence-electron chi connectivity index (χ4n) is 3.25. The van der Waals surface area contributed by atoms with Crippen LogP contribution in [0.1, 0.15) is 10.4 Å². The van der Waals surface area contributed by atoms with Crippen LogP contribution in [0.4, 0.5) is 17.1 Å². The topological polar surface area (TPSA) is 91.3 Å². The van der Waals surface area contributed by atoms with Gasteiger partial charge in [0.05, 0.1) is 21.2 Å². The molecule has 144 valence electrons. The molecule has 1 aliphatic heterocycles. The van der Waals surface area contributed by atoms with Crippen molar-refractivity contribution >= 4 is 57.2 Å². The summed E-state index contributed by atoms with van der Waals surface area (Å²) in [6.45, 7) is 1.90. The standard InChI is InChI=1S/C19H17ClN4O3S/c20-16-9-12(1-4-18(16)23-5-7-28-8-6-23)22-19(25)15-11-21-17-3-2-13(24(26)27)10-14(15)17/h1-4,9-11,21H,5-8H2,(H,22,25). The van der Waals surface area contributed by atoms with E-state index in [2.05, 4.69) is 15.2 Å². The van der Waals surface area contributed by atoms with Crippen LogP contribution in [0.5, 0.6) is 0 Å². The van der Waals surface area contributed by atoms with Crippen LogP contribution in [-0.2, 0) is 0 Å². The van der Waals surface area contributed by atoms with Crippen LogP contribution in [0, 0.1) is 10.1 Å². The van der Waals surface area contributed by atoms with Crippen molar-refractivity contribution in [2.45, 2.75) is 0 Å². The molecule has 0 bridgehead atoms. The highest BCUT2D eigenvalue weighted by Gasteiger charge is 2.17. The second-order valence-electron chi connectivity index (χ2n) is 6.41. The molecule has 1 aliphatic rings. The lowest BCUT2D eigenvalue weighted by Gasteiger charge is -2.29. The second kappa shape index (κ2) is 7.73. The molecule has 4 rings (SSSR count). The Morgan fingerprint density at radius 2 is 2.00 bits per heavy atom. The number of amides is 1. The van der Waals surface area contributed by atoms with Gasteiger partial charge < -0.3 is 15.2 Å². The molecule has 2 aromatic carbocycles. The first-order valence-corrected chi connectivity index (χ1v) is 10.3. The van der Waals surface area contributed by atoms with Gasteiger partial charge in [0.2, 0.25) is 0 Å². The number of carbonyl (C=O) groups is 1. The number of nitro groups is 1. The minimum Gasteiger partial charge on any atom is -0.369 e. The van der Waals surface area contributed by atoms with Crippen molar-refractivity contribution in [2.75, 3.05) is 34.8 Å². The van der Waals surface area contributed by atoms with E-state index in [1.165, 1.54) is 12.1 Å². The average Bonchev–Trinajstić information content (AvgIpc) is 3.12. The molecule has 0 atom stereocenters. The van der Waals surface area contributed by atoms with E-state index in [1.807, 2.05) is 23.9 Å². The average molecular weight is 417 g/mol. The van der Waals surface area contributed by atoms with Crippen molar-refractivity contribution < 1.29 is 9.72 Å². The number of H-pyrrole nitrogens is 1. The summed E-state index contributed by atoms with van der Waals surface area (Å²) in [6, 6.07) is 9.84. The fourth-order valence-corrected chi connectivity index (χ4v) is 4.46. The number of halogens is 1. The molecule has 28 heavy (non-hydrogen) atoms. The Kier molecular flexibility index (Phi) is 5.15. The van der Waals surface area contributed by atoms with Crippen molar-refractivity contribution in [3.63, 3.8) is 0 Å². The fraction of sp³-hybridized carbons (Fsp3) is 0.211. The number of fused-ring (bicyclic) bond motifs is 1. The highest BCUT2D eigenvalue weighted by molar-refractivity contribution is 7.99. The van der Waals surface area contributed by atoms with Gasteiger partial charge in [0.25, 0.3) is 11.6 Å². The summed E-state index contributed by atoms with van der Waals surface area (Å²) in [7, 11) is 0. The maximum atomic E-state index is 12.7. The van der Waals surface area contributed by atoms with E-state index >= 15 is 0 Å². The molecule has 1 amide bonds. The predicted molar refractivity (Wildman–Crippen MR) is 114 cm³/mol. The summed E-state index contributed by atoms with van der Waals surface area (Å²) in [5, 5.41) is 14.9. The molecule has 3 aromatic rings. The molecule has 0 aliphatic carbocycles. The third-order valence-corrected chi connectivity index (χ3v) is 5.92. The van der Waals surface area contributed by atoms with Crippen LogP contribution in [0.3, 0.4) is 0 Å². The summed E-state index contributed by atoms with van der Waals surface area (Å²) in [5.74, 6) is 1.79. The summed E-state index contributed by atoms with van der Waals surface area (Å²) in [4.78, 5) is 28.4. The van der Waals surface area contributed by atoms with E-state index in [0.29, 0.717) is 27.2 Å². The second-order valence-corrected chi connectivity index (χ2v) is 8.04. The molecule has 1 saturated heterocycles. The van der Waals surface area contributed by atoms with Crippen LogP contribution in [0.15, 0.2) is 42.6 Å². The molecule has 0 saturated carbocycles. The third kappa shape index (κ3) is 3.65. The molecule has 7 nitrogen and oxygen atoms in total. The number of rotatable bonds is 4. The largest absolute Gasteiger partial charge is 0.369 e. The molecule has 0 unspecified atom stereocenters. The number of non-ortho nitro benzene ring substituents is 1. The summed E-state index contributed by atoms with van der Waals surface area (Å²) >= 11 is 8.37. The first-order chi connectivity index (χ1) is 13.5. The van der Waals surface area contributed by atoms with Crippen molar-refractivity contribution in [3.8, 4) is 0 Å². The first kappa shape index (κ1) is 18.6. The molecular formula is C19H17ClN4O3S. The maximum Gasteiger partial charge on any atom is 0.270 e.